The van der Waals surface area contributed by atoms with Gasteiger partial charge < -0.3 is 0 Å². The Morgan fingerprint density at radius 1 is 1.29 bits per heavy atom. The van der Waals surface area contributed by atoms with Gasteiger partial charge in [-0.05, 0) is 6.07 Å². The zero-order valence-electron chi connectivity index (χ0n) is 7.38. The Morgan fingerprint density at radius 2 is 2.07 bits per heavy atom. The number of rotatable bonds is 1. The van der Waals surface area contributed by atoms with E-state index in [1.165, 1.54) is 12.4 Å². The van der Waals surface area contributed by atoms with E-state index in [0.717, 1.165) is 11.6 Å². The molecule has 0 saturated carbocycles. The summed E-state index contributed by atoms with van der Waals surface area (Å²) in [5.41, 5.74) is 0.530. The quantitative estimate of drug-likeness (QED) is 0.637. The van der Waals surface area contributed by atoms with E-state index in [1.807, 2.05) is 0 Å². The van der Waals surface area contributed by atoms with Crippen LogP contribution in [0.1, 0.15) is 0 Å². The number of nitrogens with zero attached hydrogens (tertiary/aromatic N) is 3. The zero-order valence-corrected chi connectivity index (χ0v) is 8.19. The van der Waals surface area contributed by atoms with Crippen LogP contribution in [0.2, 0.25) is 0 Å². The monoisotopic (exact) mass is 209 g/mol. The van der Waals surface area contributed by atoms with Crippen LogP contribution >= 0.6 is 0 Å². The number of hydrogen-bond donors (Lipinski definition) is 0. The molecule has 2 heterocycles. The van der Waals surface area contributed by atoms with Crippen LogP contribution in [0.25, 0.3) is 10.9 Å². The van der Waals surface area contributed by atoms with Crippen LogP contribution in [-0.2, 0) is 9.84 Å². The number of hydrogen-bond acceptors (Lipinski definition) is 5. The fraction of sp³-hybridized carbons (Fsp3) is 0.125. The van der Waals surface area contributed by atoms with Crippen molar-refractivity contribution in [3.63, 3.8) is 0 Å². The van der Waals surface area contributed by atoms with Gasteiger partial charge in [0.05, 0.1) is 11.7 Å². The summed E-state index contributed by atoms with van der Waals surface area (Å²) in [5, 5.41) is 0.602. The average Bonchev–Trinajstić information content (AvgIpc) is 2.16. The molecule has 0 amide bonds. The molecule has 0 spiro atoms. The molecule has 0 fully saturated rings. The number of fused-ring (bicyclic) bond motifs is 1. The second kappa shape index (κ2) is 2.98. The van der Waals surface area contributed by atoms with Crippen LogP contribution in [0.3, 0.4) is 0 Å². The molecule has 6 heteroatoms. The summed E-state index contributed by atoms with van der Waals surface area (Å²) in [7, 11) is -3.34. The van der Waals surface area contributed by atoms with Gasteiger partial charge in [-0.2, -0.15) is 0 Å². The summed E-state index contributed by atoms with van der Waals surface area (Å²) in [4.78, 5) is 11.5. The Kier molecular flexibility index (Phi) is 1.92. The maximum absolute atomic E-state index is 11.1. The van der Waals surface area contributed by atoms with Crippen molar-refractivity contribution in [1.29, 1.82) is 0 Å². The van der Waals surface area contributed by atoms with Crippen molar-refractivity contribution in [2.45, 2.75) is 5.16 Å². The molecular formula is C8H7N3O2S. The van der Waals surface area contributed by atoms with Gasteiger partial charge >= 0.3 is 0 Å². The van der Waals surface area contributed by atoms with E-state index in [-0.39, 0.29) is 5.16 Å². The van der Waals surface area contributed by atoms with Gasteiger partial charge in [0.25, 0.3) is 0 Å². The lowest BCUT2D eigenvalue weighted by molar-refractivity contribution is 0.594. The number of aromatic nitrogens is 3. The molecule has 0 aliphatic rings. The van der Waals surface area contributed by atoms with Crippen molar-refractivity contribution in [3.05, 3.63) is 24.7 Å². The summed E-state index contributed by atoms with van der Waals surface area (Å²) < 4.78 is 22.3. The molecule has 0 radical (unpaired) electrons. The van der Waals surface area contributed by atoms with Crippen molar-refractivity contribution in [3.8, 4) is 0 Å². The highest BCUT2D eigenvalue weighted by molar-refractivity contribution is 7.90. The molecular weight excluding hydrogens is 202 g/mol. The minimum atomic E-state index is -3.34. The highest BCUT2D eigenvalue weighted by Gasteiger charge is 2.10. The number of pyridine rings is 1. The van der Waals surface area contributed by atoms with Crippen LogP contribution in [0.5, 0.6) is 0 Å². The summed E-state index contributed by atoms with van der Waals surface area (Å²) in [6.45, 7) is 0. The molecule has 2 aromatic rings. The van der Waals surface area contributed by atoms with E-state index < -0.39 is 9.84 Å². The van der Waals surface area contributed by atoms with Gasteiger partial charge in [0, 0.05) is 24.0 Å². The van der Waals surface area contributed by atoms with Gasteiger partial charge in [0.1, 0.15) is 0 Å². The van der Waals surface area contributed by atoms with Gasteiger partial charge in [-0.1, -0.05) is 0 Å². The fourth-order valence-electron chi connectivity index (χ4n) is 1.03. The third-order valence-electron chi connectivity index (χ3n) is 1.69. The molecule has 14 heavy (non-hydrogen) atoms. The Labute approximate surface area is 80.8 Å². The van der Waals surface area contributed by atoms with Crippen LogP contribution in [0.4, 0.5) is 0 Å². The normalized spacial score (nSPS) is 11.8. The molecule has 0 atom stereocenters. The second-order valence-electron chi connectivity index (χ2n) is 2.86. The average molecular weight is 209 g/mol. The van der Waals surface area contributed by atoms with Gasteiger partial charge in [0.15, 0.2) is 0 Å². The molecule has 0 aliphatic carbocycles. The molecule has 72 valence electrons. The fourth-order valence-corrected chi connectivity index (χ4v) is 1.54. The first-order valence-electron chi connectivity index (χ1n) is 3.84. The number of sulfone groups is 1. The first kappa shape index (κ1) is 9.01. The van der Waals surface area contributed by atoms with Crippen molar-refractivity contribution < 1.29 is 8.42 Å². The minimum absolute atomic E-state index is 0.169. The zero-order chi connectivity index (χ0) is 10.2. The summed E-state index contributed by atoms with van der Waals surface area (Å²) in [5.74, 6) is 0. The minimum Gasteiger partial charge on any atom is -0.262 e. The van der Waals surface area contributed by atoms with Crippen LogP contribution in [0, 0.1) is 0 Å². The van der Waals surface area contributed by atoms with E-state index in [1.54, 1.807) is 12.3 Å². The predicted molar refractivity (Wildman–Crippen MR) is 50.4 cm³/mol. The van der Waals surface area contributed by atoms with Crippen molar-refractivity contribution in [2.24, 2.45) is 0 Å². The topological polar surface area (TPSA) is 72.8 Å². The Bertz CT molecular complexity index is 580. The smallest absolute Gasteiger partial charge is 0.247 e. The summed E-state index contributed by atoms with van der Waals surface area (Å²) >= 11 is 0. The van der Waals surface area contributed by atoms with Crippen LogP contribution in [-0.4, -0.2) is 29.6 Å². The van der Waals surface area contributed by atoms with Gasteiger partial charge in [-0.3, -0.25) is 4.98 Å². The lowest BCUT2D eigenvalue weighted by Crippen LogP contribution is -2.03. The second-order valence-corrected chi connectivity index (χ2v) is 4.77. The van der Waals surface area contributed by atoms with E-state index in [4.69, 9.17) is 0 Å². The predicted octanol–water partition coefficient (Wildman–Crippen LogP) is 0.428. The van der Waals surface area contributed by atoms with Crippen molar-refractivity contribution in [1.82, 2.24) is 15.0 Å². The molecule has 2 aromatic heterocycles. The molecule has 2 rings (SSSR count). The molecule has 0 N–H and O–H groups in total. The van der Waals surface area contributed by atoms with Crippen molar-refractivity contribution in [2.75, 3.05) is 6.26 Å². The highest BCUT2D eigenvalue weighted by Crippen LogP contribution is 2.10. The van der Waals surface area contributed by atoms with E-state index in [0.29, 0.717) is 5.52 Å². The van der Waals surface area contributed by atoms with Gasteiger partial charge in [-0.15, -0.1) is 0 Å². The lowest BCUT2D eigenvalue weighted by atomic mass is 10.3. The van der Waals surface area contributed by atoms with E-state index >= 15 is 0 Å². The molecule has 0 saturated heterocycles. The van der Waals surface area contributed by atoms with Crippen LogP contribution in [0.15, 0.2) is 29.8 Å². The molecule has 0 aliphatic heterocycles. The lowest BCUT2D eigenvalue weighted by Gasteiger charge is -1.98. The highest BCUT2D eigenvalue weighted by atomic mass is 32.2. The largest absolute Gasteiger partial charge is 0.262 e. The third-order valence-corrected chi connectivity index (χ3v) is 2.55. The molecule has 0 aromatic carbocycles. The molecule has 0 bridgehead atoms. The van der Waals surface area contributed by atoms with Gasteiger partial charge in [-0.25, -0.2) is 18.4 Å². The van der Waals surface area contributed by atoms with E-state index in [9.17, 15) is 8.42 Å². The first-order valence-corrected chi connectivity index (χ1v) is 5.73. The van der Waals surface area contributed by atoms with Crippen molar-refractivity contribution >= 4 is 20.7 Å². The Morgan fingerprint density at radius 3 is 2.79 bits per heavy atom. The first-order chi connectivity index (χ1) is 6.57. The summed E-state index contributed by atoms with van der Waals surface area (Å²) in [6.07, 6.45) is 5.66. The standard InChI is InChI=1S/C8H7N3O2S/c1-14(12,13)8-10-4-6-2-3-9-5-7(6)11-8/h2-5H,1H3. The Hall–Kier alpha value is -1.56. The molecule has 0 unspecified atom stereocenters. The van der Waals surface area contributed by atoms with E-state index in [2.05, 4.69) is 15.0 Å². The maximum Gasteiger partial charge on any atom is 0.247 e. The summed E-state index contributed by atoms with van der Waals surface area (Å²) in [6, 6.07) is 1.72. The van der Waals surface area contributed by atoms with Crippen LogP contribution < -0.4 is 0 Å². The maximum atomic E-state index is 11.1. The third kappa shape index (κ3) is 1.56. The Balaban J connectivity index is 2.75. The molecule has 5 nitrogen and oxygen atoms in total. The van der Waals surface area contributed by atoms with Gasteiger partial charge in [0.2, 0.25) is 15.0 Å². The SMILES string of the molecule is CS(=O)(=O)c1ncc2ccncc2n1.